The molecule has 0 amide bonds. The van der Waals surface area contributed by atoms with Crippen molar-refractivity contribution < 1.29 is 0 Å². The van der Waals surface area contributed by atoms with Crippen molar-refractivity contribution in [2.75, 3.05) is 0 Å². The minimum Gasteiger partial charge on any atom is -0.195 e. The Morgan fingerprint density at radius 3 is 2.33 bits per heavy atom. The van der Waals surface area contributed by atoms with Crippen molar-refractivity contribution in [3.63, 3.8) is 0 Å². The van der Waals surface area contributed by atoms with Gasteiger partial charge >= 0.3 is 0 Å². The first-order chi connectivity index (χ1) is 7.17. The zero-order valence-corrected chi connectivity index (χ0v) is 8.87. The smallest absolute Gasteiger partial charge is 0.195 e. The summed E-state index contributed by atoms with van der Waals surface area (Å²) in [4.78, 5) is 0. The van der Waals surface area contributed by atoms with Crippen molar-refractivity contribution in [1.29, 1.82) is 10.5 Å². The lowest BCUT2D eigenvalue weighted by Gasteiger charge is -1.96. The summed E-state index contributed by atoms with van der Waals surface area (Å²) in [6.45, 7) is 0. The predicted molar refractivity (Wildman–Crippen MR) is 56.0 cm³/mol. The van der Waals surface area contributed by atoms with Crippen LogP contribution >= 0.6 is 23.2 Å². The van der Waals surface area contributed by atoms with E-state index in [-0.39, 0.29) is 0 Å². The molecule has 0 aliphatic carbocycles. The second-order valence-electron chi connectivity index (χ2n) is 2.47. The van der Waals surface area contributed by atoms with Gasteiger partial charge in [0.2, 0.25) is 6.04 Å². The van der Waals surface area contributed by atoms with E-state index in [0.29, 0.717) is 15.7 Å². The average Bonchev–Trinajstić information content (AvgIpc) is 2.24. The van der Waals surface area contributed by atoms with Gasteiger partial charge < -0.3 is 0 Å². The Balaban J connectivity index is 2.87. The third-order valence-electron chi connectivity index (χ3n) is 1.44. The lowest BCUT2D eigenvalue weighted by Crippen LogP contribution is -1.92. The van der Waals surface area contributed by atoms with E-state index in [1.54, 1.807) is 24.3 Å². The lowest BCUT2D eigenvalue weighted by atomic mass is 10.3. The number of nitriles is 2. The molecule has 4 nitrogen and oxygen atoms in total. The van der Waals surface area contributed by atoms with Crippen LogP contribution in [0.4, 0.5) is 5.69 Å². The van der Waals surface area contributed by atoms with Gasteiger partial charge in [-0.2, -0.15) is 20.8 Å². The minimum absolute atomic E-state index is 0.346. The van der Waals surface area contributed by atoms with E-state index in [4.69, 9.17) is 33.7 Å². The molecule has 0 N–H and O–H groups in total. The van der Waals surface area contributed by atoms with Crippen LogP contribution in [0.5, 0.6) is 0 Å². The van der Waals surface area contributed by atoms with Crippen LogP contribution < -0.4 is 0 Å². The fourth-order valence-corrected chi connectivity index (χ4v) is 1.04. The van der Waals surface area contributed by atoms with Crippen LogP contribution in [0.25, 0.3) is 0 Å². The summed E-state index contributed by atoms with van der Waals surface area (Å²) in [6.07, 6.45) is 0. The van der Waals surface area contributed by atoms with Gasteiger partial charge in [0.15, 0.2) is 0 Å². The minimum atomic E-state index is -1.10. The molecule has 0 fully saturated rings. The standard InChI is InChI=1S/C9H4Cl2N4/c10-8-2-1-6(3-9(8)11)14-15-7(4-12)5-13/h1-3,7H. The number of hydrogen-bond acceptors (Lipinski definition) is 4. The van der Waals surface area contributed by atoms with E-state index in [9.17, 15) is 0 Å². The molecule has 0 radical (unpaired) electrons. The molecule has 0 aliphatic rings. The van der Waals surface area contributed by atoms with Gasteiger partial charge in [-0.25, -0.2) is 0 Å². The van der Waals surface area contributed by atoms with Gasteiger partial charge in [-0.3, -0.25) is 0 Å². The van der Waals surface area contributed by atoms with Crippen LogP contribution in [0, 0.1) is 22.7 Å². The van der Waals surface area contributed by atoms with Gasteiger partial charge in [-0.15, -0.1) is 0 Å². The van der Waals surface area contributed by atoms with Crippen molar-refractivity contribution >= 4 is 28.9 Å². The van der Waals surface area contributed by atoms with E-state index in [2.05, 4.69) is 10.2 Å². The van der Waals surface area contributed by atoms with Crippen LogP contribution in [0.3, 0.4) is 0 Å². The molecule has 0 atom stereocenters. The van der Waals surface area contributed by atoms with Crippen molar-refractivity contribution in [3.8, 4) is 12.1 Å². The molecule has 15 heavy (non-hydrogen) atoms. The van der Waals surface area contributed by atoms with Crippen molar-refractivity contribution in [2.45, 2.75) is 6.04 Å². The molecular formula is C9H4Cl2N4. The highest BCUT2D eigenvalue weighted by Crippen LogP contribution is 2.26. The number of azo groups is 1. The molecule has 0 saturated carbocycles. The third-order valence-corrected chi connectivity index (χ3v) is 2.18. The van der Waals surface area contributed by atoms with E-state index >= 15 is 0 Å². The van der Waals surface area contributed by atoms with Crippen LogP contribution in [0.15, 0.2) is 28.4 Å². The highest BCUT2D eigenvalue weighted by molar-refractivity contribution is 6.42. The molecule has 0 aliphatic heterocycles. The van der Waals surface area contributed by atoms with Gasteiger partial charge in [0.25, 0.3) is 0 Å². The van der Waals surface area contributed by atoms with Crippen LogP contribution in [0.1, 0.15) is 0 Å². The largest absolute Gasteiger partial charge is 0.242 e. The second-order valence-corrected chi connectivity index (χ2v) is 3.29. The molecule has 0 saturated heterocycles. The summed E-state index contributed by atoms with van der Waals surface area (Å²) in [5.41, 5.74) is 0.444. The SMILES string of the molecule is N#CC(C#N)N=Nc1ccc(Cl)c(Cl)c1. The van der Waals surface area contributed by atoms with Gasteiger partial charge in [-0.1, -0.05) is 23.2 Å². The summed E-state index contributed by atoms with van der Waals surface area (Å²) in [6, 6.07) is 6.88. The highest BCUT2D eigenvalue weighted by atomic mass is 35.5. The van der Waals surface area contributed by atoms with Gasteiger partial charge in [0.05, 0.1) is 15.7 Å². The molecule has 0 aromatic heterocycles. The highest BCUT2D eigenvalue weighted by Gasteiger charge is 2.02. The fourth-order valence-electron chi connectivity index (χ4n) is 0.752. The maximum atomic E-state index is 8.43. The Labute approximate surface area is 96.4 Å². The number of rotatable bonds is 2. The summed E-state index contributed by atoms with van der Waals surface area (Å²) in [5.74, 6) is 0. The molecule has 6 heteroatoms. The third kappa shape index (κ3) is 3.21. The quantitative estimate of drug-likeness (QED) is 0.740. The molecule has 74 valence electrons. The molecule has 0 unspecified atom stereocenters. The molecule has 0 bridgehead atoms. The normalized spacial score (nSPS) is 10.2. The van der Waals surface area contributed by atoms with E-state index in [1.165, 1.54) is 6.07 Å². The monoisotopic (exact) mass is 238 g/mol. The molecule has 1 aromatic carbocycles. The Hall–Kier alpha value is -1.62. The summed E-state index contributed by atoms with van der Waals surface area (Å²) in [7, 11) is 0. The average molecular weight is 239 g/mol. The van der Waals surface area contributed by atoms with E-state index in [0.717, 1.165) is 0 Å². The molecule has 0 spiro atoms. The first-order valence-electron chi connectivity index (χ1n) is 3.82. The predicted octanol–water partition coefficient (Wildman–Crippen LogP) is 3.49. The Morgan fingerprint density at radius 2 is 1.80 bits per heavy atom. The number of hydrogen-bond donors (Lipinski definition) is 0. The zero-order valence-electron chi connectivity index (χ0n) is 7.35. The number of halogens is 2. The summed E-state index contributed by atoms with van der Waals surface area (Å²) < 4.78 is 0. The Morgan fingerprint density at radius 1 is 1.13 bits per heavy atom. The van der Waals surface area contributed by atoms with Crippen molar-refractivity contribution in [2.24, 2.45) is 10.2 Å². The molecule has 1 aromatic rings. The molecule has 1 rings (SSSR count). The van der Waals surface area contributed by atoms with Crippen LogP contribution in [0.2, 0.25) is 10.0 Å². The zero-order chi connectivity index (χ0) is 11.3. The number of benzene rings is 1. The Kier molecular flexibility index (Phi) is 4.05. The second kappa shape index (κ2) is 5.31. The van der Waals surface area contributed by atoms with Crippen molar-refractivity contribution in [3.05, 3.63) is 28.2 Å². The van der Waals surface area contributed by atoms with E-state index in [1.807, 2.05) is 0 Å². The summed E-state index contributed by atoms with van der Waals surface area (Å²) in [5, 5.41) is 24.8. The number of nitrogens with zero attached hydrogens (tertiary/aromatic N) is 4. The lowest BCUT2D eigenvalue weighted by molar-refractivity contribution is 0.949. The van der Waals surface area contributed by atoms with Gasteiger partial charge in [0.1, 0.15) is 12.1 Å². The maximum Gasteiger partial charge on any atom is 0.242 e. The molecule has 0 heterocycles. The topological polar surface area (TPSA) is 72.3 Å². The van der Waals surface area contributed by atoms with Gasteiger partial charge in [-0.05, 0) is 18.2 Å². The van der Waals surface area contributed by atoms with Crippen molar-refractivity contribution in [1.82, 2.24) is 0 Å². The van der Waals surface area contributed by atoms with Gasteiger partial charge in [0, 0.05) is 0 Å². The maximum absolute atomic E-state index is 8.43. The Bertz CT molecular complexity index is 456. The van der Waals surface area contributed by atoms with Crippen LogP contribution in [-0.2, 0) is 0 Å². The molecular weight excluding hydrogens is 235 g/mol. The van der Waals surface area contributed by atoms with Crippen LogP contribution in [-0.4, -0.2) is 6.04 Å². The van der Waals surface area contributed by atoms with E-state index < -0.39 is 6.04 Å². The summed E-state index contributed by atoms with van der Waals surface area (Å²) >= 11 is 11.4. The fraction of sp³-hybridized carbons (Fsp3) is 0.111. The first-order valence-corrected chi connectivity index (χ1v) is 4.58. The first kappa shape index (κ1) is 11.5.